The van der Waals surface area contributed by atoms with E-state index in [0.717, 1.165) is 12.0 Å². The topological polar surface area (TPSA) is 24.5 Å². The third-order valence-electron chi connectivity index (χ3n) is 4.90. The summed E-state index contributed by atoms with van der Waals surface area (Å²) in [6.45, 7) is 3.72. The number of piperidine rings is 1. The predicted octanol–water partition coefficient (Wildman–Crippen LogP) is 2.27. The smallest absolute Gasteiger partial charge is 0.0586 e. The number of rotatable bonds is 5. The Labute approximate surface area is 112 Å². The molecule has 2 unspecified atom stereocenters. The summed E-state index contributed by atoms with van der Waals surface area (Å²) >= 11 is 0. The van der Waals surface area contributed by atoms with Crippen LogP contribution in [0.25, 0.3) is 0 Å². The molecule has 1 aliphatic heterocycles. The zero-order valence-corrected chi connectivity index (χ0v) is 12.2. The average Bonchev–Trinajstić information content (AvgIpc) is 2.46. The van der Waals surface area contributed by atoms with Crippen LogP contribution in [0.4, 0.5) is 0 Å². The number of hydrogen-bond donors (Lipinski definition) is 1. The number of methoxy groups -OCH3 is 1. The Kier molecular flexibility index (Phi) is 5.93. The first kappa shape index (κ1) is 14.3. The van der Waals surface area contributed by atoms with Gasteiger partial charge in [-0.1, -0.05) is 0 Å². The lowest BCUT2D eigenvalue weighted by Gasteiger charge is -2.35. The minimum Gasteiger partial charge on any atom is -0.381 e. The number of nitrogens with one attached hydrogen (secondary N) is 1. The van der Waals surface area contributed by atoms with Gasteiger partial charge in [-0.25, -0.2) is 0 Å². The molecule has 0 aromatic carbocycles. The molecule has 106 valence electrons. The first-order valence-electron chi connectivity index (χ1n) is 7.73. The standard InChI is InChI=1S/C15H30N2O/c1-17(11-8-13-6-9-16-10-7-13)14-4-3-5-15(12-14)18-2/h13-16H,3-12H2,1-2H3. The van der Waals surface area contributed by atoms with Crippen LogP contribution in [0.3, 0.4) is 0 Å². The second-order valence-corrected chi connectivity index (χ2v) is 6.14. The molecular formula is C15H30N2O. The van der Waals surface area contributed by atoms with Gasteiger partial charge in [0.05, 0.1) is 6.10 Å². The van der Waals surface area contributed by atoms with Gasteiger partial charge in [0.25, 0.3) is 0 Å². The van der Waals surface area contributed by atoms with Crippen molar-refractivity contribution in [2.45, 2.75) is 57.1 Å². The van der Waals surface area contributed by atoms with Crippen LogP contribution in [-0.4, -0.2) is 50.8 Å². The Bertz CT molecular complexity index is 229. The zero-order chi connectivity index (χ0) is 12.8. The van der Waals surface area contributed by atoms with Crippen LogP contribution >= 0.6 is 0 Å². The Morgan fingerprint density at radius 1 is 1.17 bits per heavy atom. The Hall–Kier alpha value is -0.120. The number of ether oxygens (including phenoxy) is 1. The summed E-state index contributed by atoms with van der Waals surface area (Å²) in [6, 6.07) is 0.755. The monoisotopic (exact) mass is 254 g/mol. The van der Waals surface area contributed by atoms with E-state index >= 15 is 0 Å². The highest BCUT2D eigenvalue weighted by atomic mass is 16.5. The van der Waals surface area contributed by atoms with Crippen LogP contribution in [-0.2, 0) is 4.74 Å². The van der Waals surface area contributed by atoms with Gasteiger partial charge in [0.1, 0.15) is 0 Å². The highest BCUT2D eigenvalue weighted by molar-refractivity contribution is 4.80. The summed E-state index contributed by atoms with van der Waals surface area (Å²) in [5, 5.41) is 3.45. The van der Waals surface area contributed by atoms with Gasteiger partial charge < -0.3 is 15.0 Å². The van der Waals surface area contributed by atoms with Crippen LogP contribution in [0.2, 0.25) is 0 Å². The molecule has 1 saturated heterocycles. The lowest BCUT2D eigenvalue weighted by molar-refractivity contribution is 0.0331. The molecule has 0 amide bonds. The minimum atomic E-state index is 0.505. The van der Waals surface area contributed by atoms with Crippen LogP contribution in [0.1, 0.15) is 44.9 Å². The van der Waals surface area contributed by atoms with Crippen molar-refractivity contribution in [3.05, 3.63) is 0 Å². The Balaban J connectivity index is 1.68. The summed E-state index contributed by atoms with van der Waals surface area (Å²) in [4.78, 5) is 2.59. The maximum Gasteiger partial charge on any atom is 0.0586 e. The molecule has 2 aliphatic rings. The van der Waals surface area contributed by atoms with Crippen molar-refractivity contribution in [1.82, 2.24) is 10.2 Å². The Morgan fingerprint density at radius 3 is 2.67 bits per heavy atom. The summed E-state index contributed by atoms with van der Waals surface area (Å²) in [5.41, 5.74) is 0. The molecule has 0 radical (unpaired) electrons. The van der Waals surface area contributed by atoms with Crippen molar-refractivity contribution < 1.29 is 4.74 Å². The van der Waals surface area contributed by atoms with E-state index in [0.29, 0.717) is 6.10 Å². The lowest BCUT2D eigenvalue weighted by Crippen LogP contribution is -2.39. The van der Waals surface area contributed by atoms with E-state index in [1.54, 1.807) is 0 Å². The third kappa shape index (κ3) is 4.22. The van der Waals surface area contributed by atoms with Gasteiger partial charge >= 0.3 is 0 Å². The molecule has 0 aromatic rings. The van der Waals surface area contributed by atoms with Gasteiger partial charge in [-0.2, -0.15) is 0 Å². The Morgan fingerprint density at radius 2 is 1.94 bits per heavy atom. The first-order valence-corrected chi connectivity index (χ1v) is 7.73. The molecule has 18 heavy (non-hydrogen) atoms. The highest BCUT2D eigenvalue weighted by Crippen LogP contribution is 2.25. The van der Waals surface area contributed by atoms with Gasteiger partial charge in [-0.05, 0) is 77.5 Å². The lowest BCUT2D eigenvalue weighted by atomic mass is 9.90. The number of nitrogens with zero attached hydrogens (tertiary/aromatic N) is 1. The van der Waals surface area contributed by atoms with Crippen molar-refractivity contribution in [2.24, 2.45) is 5.92 Å². The number of hydrogen-bond acceptors (Lipinski definition) is 3. The van der Waals surface area contributed by atoms with Gasteiger partial charge in [0, 0.05) is 13.2 Å². The van der Waals surface area contributed by atoms with E-state index in [9.17, 15) is 0 Å². The second kappa shape index (κ2) is 7.46. The van der Waals surface area contributed by atoms with Crippen molar-refractivity contribution >= 4 is 0 Å². The molecular weight excluding hydrogens is 224 g/mol. The maximum absolute atomic E-state index is 5.53. The van der Waals surface area contributed by atoms with Crippen LogP contribution in [0, 0.1) is 5.92 Å². The molecule has 3 nitrogen and oxygen atoms in total. The van der Waals surface area contributed by atoms with Crippen molar-refractivity contribution in [1.29, 1.82) is 0 Å². The normalized spacial score (nSPS) is 30.8. The molecule has 2 atom stereocenters. The van der Waals surface area contributed by atoms with Crippen LogP contribution in [0.15, 0.2) is 0 Å². The largest absolute Gasteiger partial charge is 0.381 e. The molecule has 0 spiro atoms. The van der Waals surface area contributed by atoms with E-state index in [4.69, 9.17) is 4.74 Å². The molecule has 1 aliphatic carbocycles. The maximum atomic E-state index is 5.53. The quantitative estimate of drug-likeness (QED) is 0.814. The fourth-order valence-corrected chi connectivity index (χ4v) is 3.47. The second-order valence-electron chi connectivity index (χ2n) is 6.14. The summed E-state index contributed by atoms with van der Waals surface area (Å²) < 4.78 is 5.53. The molecule has 1 heterocycles. The first-order chi connectivity index (χ1) is 8.79. The van der Waals surface area contributed by atoms with Gasteiger partial charge in [-0.3, -0.25) is 0 Å². The summed E-state index contributed by atoms with van der Waals surface area (Å²) in [6.07, 6.45) is 9.83. The van der Waals surface area contributed by atoms with E-state index < -0.39 is 0 Å². The molecule has 0 bridgehead atoms. The van der Waals surface area contributed by atoms with Gasteiger partial charge in [-0.15, -0.1) is 0 Å². The van der Waals surface area contributed by atoms with E-state index in [2.05, 4.69) is 17.3 Å². The highest BCUT2D eigenvalue weighted by Gasteiger charge is 2.25. The molecule has 1 N–H and O–H groups in total. The van der Waals surface area contributed by atoms with Gasteiger partial charge in [0.15, 0.2) is 0 Å². The van der Waals surface area contributed by atoms with Crippen LogP contribution in [0.5, 0.6) is 0 Å². The van der Waals surface area contributed by atoms with Crippen molar-refractivity contribution in [2.75, 3.05) is 33.8 Å². The minimum absolute atomic E-state index is 0.505. The molecule has 1 saturated carbocycles. The van der Waals surface area contributed by atoms with Crippen LogP contribution < -0.4 is 5.32 Å². The SMILES string of the molecule is COC1CCCC(N(C)CCC2CCNCC2)C1. The zero-order valence-electron chi connectivity index (χ0n) is 12.2. The molecule has 2 rings (SSSR count). The third-order valence-corrected chi connectivity index (χ3v) is 4.90. The fraction of sp³-hybridized carbons (Fsp3) is 1.00. The summed E-state index contributed by atoms with van der Waals surface area (Å²) in [5.74, 6) is 0.954. The average molecular weight is 254 g/mol. The summed E-state index contributed by atoms with van der Waals surface area (Å²) in [7, 11) is 4.17. The van der Waals surface area contributed by atoms with E-state index in [1.165, 1.54) is 64.6 Å². The van der Waals surface area contributed by atoms with Gasteiger partial charge in [0.2, 0.25) is 0 Å². The molecule has 2 fully saturated rings. The molecule has 3 heteroatoms. The molecule has 0 aromatic heterocycles. The van der Waals surface area contributed by atoms with E-state index in [-0.39, 0.29) is 0 Å². The predicted molar refractivity (Wildman–Crippen MR) is 75.9 cm³/mol. The van der Waals surface area contributed by atoms with E-state index in [1.807, 2.05) is 7.11 Å². The fourth-order valence-electron chi connectivity index (χ4n) is 3.47. The van der Waals surface area contributed by atoms with Crippen molar-refractivity contribution in [3.8, 4) is 0 Å². The van der Waals surface area contributed by atoms with Crippen molar-refractivity contribution in [3.63, 3.8) is 0 Å².